The summed E-state index contributed by atoms with van der Waals surface area (Å²) >= 11 is 0. The van der Waals surface area contributed by atoms with Gasteiger partial charge in [0, 0.05) is 5.92 Å². The summed E-state index contributed by atoms with van der Waals surface area (Å²) in [6.45, 7) is 4.32. The summed E-state index contributed by atoms with van der Waals surface area (Å²) in [7, 11) is 0. The highest BCUT2D eigenvalue weighted by atomic mass is 16.3. The van der Waals surface area contributed by atoms with Crippen molar-refractivity contribution in [1.82, 2.24) is 4.98 Å². The lowest BCUT2D eigenvalue weighted by molar-refractivity contribution is 0.490. The zero-order chi connectivity index (χ0) is 10.7. The average Bonchev–Trinajstić information content (AvgIpc) is 2.81. The van der Waals surface area contributed by atoms with Crippen molar-refractivity contribution in [1.29, 1.82) is 0 Å². The maximum atomic E-state index is 5.34. The molecule has 1 aromatic carbocycles. The quantitative estimate of drug-likeness (QED) is 0.760. The van der Waals surface area contributed by atoms with Gasteiger partial charge in [-0.3, -0.25) is 0 Å². The van der Waals surface area contributed by atoms with Crippen LogP contribution >= 0.6 is 0 Å². The summed E-state index contributed by atoms with van der Waals surface area (Å²) in [6.07, 6.45) is 4.33. The minimum atomic E-state index is 0.281. The topological polar surface area (TPSA) is 26.0 Å². The molecule has 1 heterocycles. The molecule has 0 aliphatic carbocycles. The van der Waals surface area contributed by atoms with E-state index in [1.807, 2.05) is 0 Å². The van der Waals surface area contributed by atoms with Crippen molar-refractivity contribution in [3.05, 3.63) is 53.7 Å². The van der Waals surface area contributed by atoms with Gasteiger partial charge in [-0.15, -0.1) is 0 Å². The van der Waals surface area contributed by atoms with Gasteiger partial charge < -0.3 is 4.42 Å². The summed E-state index contributed by atoms with van der Waals surface area (Å²) in [5, 5.41) is 0. The van der Waals surface area contributed by atoms with Crippen LogP contribution in [0.15, 0.2) is 41.3 Å². The molecule has 1 atom stereocenters. The summed E-state index contributed by atoms with van der Waals surface area (Å²) in [5.74, 6) is 1.21. The zero-order valence-electron chi connectivity index (χ0n) is 9.10. The minimum absolute atomic E-state index is 0.281. The largest absolute Gasteiger partial charge is 0.448 e. The van der Waals surface area contributed by atoms with Crippen LogP contribution in [0.3, 0.4) is 0 Å². The number of rotatable bonds is 3. The van der Waals surface area contributed by atoms with Gasteiger partial charge in [0.25, 0.3) is 0 Å². The van der Waals surface area contributed by atoms with Crippen molar-refractivity contribution in [2.45, 2.75) is 26.2 Å². The first-order chi connectivity index (χ1) is 7.33. The number of hydrogen-bond acceptors (Lipinski definition) is 2. The highest BCUT2D eigenvalue weighted by molar-refractivity contribution is 5.33. The van der Waals surface area contributed by atoms with Gasteiger partial charge in [-0.1, -0.05) is 38.1 Å². The maximum Gasteiger partial charge on any atom is 0.180 e. The molecule has 2 rings (SSSR count). The Morgan fingerprint density at radius 2 is 2.13 bits per heavy atom. The minimum Gasteiger partial charge on any atom is -0.448 e. The van der Waals surface area contributed by atoms with E-state index in [2.05, 4.69) is 43.1 Å². The van der Waals surface area contributed by atoms with Crippen LogP contribution in [0.5, 0.6) is 0 Å². The number of aromatic nitrogens is 1. The normalized spacial score (nSPS) is 12.7. The Morgan fingerprint density at radius 3 is 2.80 bits per heavy atom. The number of oxazole rings is 1. The number of benzene rings is 1. The van der Waals surface area contributed by atoms with Gasteiger partial charge in [0.05, 0.1) is 6.20 Å². The summed E-state index contributed by atoms with van der Waals surface area (Å²) in [4.78, 5) is 3.96. The van der Waals surface area contributed by atoms with Crippen molar-refractivity contribution in [2.75, 3.05) is 0 Å². The van der Waals surface area contributed by atoms with Gasteiger partial charge in [-0.2, -0.15) is 0 Å². The monoisotopic (exact) mass is 201 g/mol. The van der Waals surface area contributed by atoms with Crippen LogP contribution in [-0.2, 0) is 6.42 Å². The molecule has 0 saturated carbocycles. The predicted molar refractivity (Wildman–Crippen MR) is 59.8 cm³/mol. The molecule has 2 nitrogen and oxygen atoms in total. The number of aryl methyl sites for hydroxylation is 1. The lowest BCUT2D eigenvalue weighted by Gasteiger charge is -2.12. The second-order valence-corrected chi connectivity index (χ2v) is 3.68. The highest BCUT2D eigenvalue weighted by Gasteiger charge is 2.13. The van der Waals surface area contributed by atoms with E-state index in [4.69, 9.17) is 4.42 Å². The third-order valence-electron chi connectivity index (χ3n) is 2.78. The molecule has 1 aromatic heterocycles. The van der Waals surface area contributed by atoms with Crippen LogP contribution in [0.4, 0.5) is 0 Å². The second kappa shape index (κ2) is 4.30. The fourth-order valence-electron chi connectivity index (χ4n) is 1.87. The molecule has 0 amide bonds. The molecule has 2 heteroatoms. The molecule has 0 radical (unpaired) electrons. The van der Waals surface area contributed by atoms with Gasteiger partial charge in [-0.25, -0.2) is 4.98 Å². The van der Waals surface area contributed by atoms with Crippen LogP contribution < -0.4 is 0 Å². The molecular weight excluding hydrogens is 186 g/mol. The van der Waals surface area contributed by atoms with E-state index in [1.165, 1.54) is 17.5 Å². The Hall–Kier alpha value is -1.57. The molecule has 0 saturated heterocycles. The third kappa shape index (κ3) is 1.94. The third-order valence-corrected chi connectivity index (χ3v) is 2.78. The van der Waals surface area contributed by atoms with Crippen molar-refractivity contribution in [3.8, 4) is 0 Å². The molecule has 0 spiro atoms. The Morgan fingerprint density at radius 1 is 1.33 bits per heavy atom. The fourth-order valence-corrected chi connectivity index (χ4v) is 1.87. The SMILES string of the molecule is CCc1ccccc1C(C)c1cnco1. The maximum absolute atomic E-state index is 5.34. The molecule has 0 bridgehead atoms. The van der Waals surface area contributed by atoms with Gasteiger partial charge in [-0.05, 0) is 17.5 Å². The summed E-state index contributed by atoms with van der Waals surface area (Å²) in [5.41, 5.74) is 2.71. The second-order valence-electron chi connectivity index (χ2n) is 3.68. The fraction of sp³-hybridized carbons (Fsp3) is 0.308. The molecule has 0 aliphatic rings. The highest BCUT2D eigenvalue weighted by Crippen LogP contribution is 2.26. The van der Waals surface area contributed by atoms with E-state index in [0.717, 1.165) is 12.2 Å². The first kappa shape index (κ1) is 9.97. The molecule has 0 N–H and O–H groups in total. The van der Waals surface area contributed by atoms with E-state index >= 15 is 0 Å². The van der Waals surface area contributed by atoms with Gasteiger partial charge >= 0.3 is 0 Å². The van der Waals surface area contributed by atoms with E-state index in [-0.39, 0.29) is 5.92 Å². The number of nitrogens with zero attached hydrogens (tertiary/aromatic N) is 1. The molecule has 15 heavy (non-hydrogen) atoms. The first-order valence-corrected chi connectivity index (χ1v) is 5.29. The van der Waals surface area contributed by atoms with Crippen molar-refractivity contribution in [3.63, 3.8) is 0 Å². The standard InChI is InChI=1S/C13H15NO/c1-3-11-6-4-5-7-12(11)10(2)13-8-14-9-15-13/h4-10H,3H2,1-2H3. The van der Waals surface area contributed by atoms with Crippen LogP contribution in [0.1, 0.15) is 36.7 Å². The smallest absolute Gasteiger partial charge is 0.180 e. The molecular formula is C13H15NO. The average molecular weight is 201 g/mol. The lowest BCUT2D eigenvalue weighted by atomic mass is 9.93. The summed E-state index contributed by atoms with van der Waals surface area (Å²) < 4.78 is 5.34. The zero-order valence-corrected chi connectivity index (χ0v) is 9.10. The van der Waals surface area contributed by atoms with Crippen LogP contribution in [0.2, 0.25) is 0 Å². The van der Waals surface area contributed by atoms with Crippen molar-refractivity contribution < 1.29 is 4.42 Å². The van der Waals surface area contributed by atoms with Gasteiger partial charge in [0.1, 0.15) is 5.76 Å². The molecule has 78 valence electrons. The Labute approximate surface area is 90.0 Å². The number of hydrogen-bond donors (Lipinski definition) is 0. The van der Waals surface area contributed by atoms with Crippen LogP contribution in [0, 0.1) is 0 Å². The first-order valence-electron chi connectivity index (χ1n) is 5.29. The van der Waals surface area contributed by atoms with Crippen LogP contribution in [-0.4, -0.2) is 4.98 Å². The molecule has 2 aromatic rings. The van der Waals surface area contributed by atoms with E-state index in [9.17, 15) is 0 Å². The van der Waals surface area contributed by atoms with Crippen LogP contribution in [0.25, 0.3) is 0 Å². The predicted octanol–water partition coefficient (Wildman–Crippen LogP) is 3.39. The lowest BCUT2D eigenvalue weighted by Crippen LogP contribution is -1.99. The molecule has 1 unspecified atom stereocenters. The van der Waals surface area contributed by atoms with Crippen molar-refractivity contribution >= 4 is 0 Å². The van der Waals surface area contributed by atoms with Gasteiger partial charge in [0.15, 0.2) is 6.39 Å². The molecule has 0 fully saturated rings. The van der Waals surface area contributed by atoms with E-state index in [1.54, 1.807) is 6.20 Å². The Kier molecular flexibility index (Phi) is 2.86. The molecule has 0 aliphatic heterocycles. The van der Waals surface area contributed by atoms with E-state index in [0.29, 0.717) is 0 Å². The van der Waals surface area contributed by atoms with E-state index < -0.39 is 0 Å². The summed E-state index contributed by atoms with van der Waals surface area (Å²) in [6, 6.07) is 8.48. The van der Waals surface area contributed by atoms with Crippen molar-refractivity contribution in [2.24, 2.45) is 0 Å². The van der Waals surface area contributed by atoms with Gasteiger partial charge in [0.2, 0.25) is 0 Å². The Balaban J connectivity index is 2.37. The Bertz CT molecular complexity index is 420.